The van der Waals surface area contributed by atoms with Gasteiger partial charge in [0.2, 0.25) is 0 Å². The molecule has 0 bridgehead atoms. The molecule has 2 nitrogen and oxygen atoms in total. The van der Waals surface area contributed by atoms with Crippen LogP contribution in [0.5, 0.6) is 0 Å². The molecule has 0 aliphatic rings. The molecule has 2 aromatic rings. The molecule has 1 aromatic heterocycles. The minimum atomic E-state index is -0.573. The standard InChI is InChI=1S/C14H14F2N2S/c1-2-17-9-10-4-3-7-18-14(10)19-13-6-5-11(15)8-12(13)16/h3-8,17H,2,9H2,1H3. The number of nitrogens with zero attached hydrogens (tertiary/aromatic N) is 1. The highest BCUT2D eigenvalue weighted by Gasteiger charge is 2.09. The van der Waals surface area contributed by atoms with Gasteiger partial charge in [-0.05, 0) is 30.3 Å². The molecule has 0 amide bonds. The van der Waals surface area contributed by atoms with Gasteiger partial charge in [0.15, 0.2) is 0 Å². The number of benzene rings is 1. The third kappa shape index (κ3) is 3.75. The number of hydrogen-bond donors (Lipinski definition) is 1. The summed E-state index contributed by atoms with van der Waals surface area (Å²) >= 11 is 1.21. The molecule has 0 saturated carbocycles. The first-order valence-electron chi connectivity index (χ1n) is 5.98. The fraction of sp³-hybridized carbons (Fsp3) is 0.214. The van der Waals surface area contributed by atoms with Crippen molar-refractivity contribution in [3.8, 4) is 0 Å². The van der Waals surface area contributed by atoms with Gasteiger partial charge in [-0.3, -0.25) is 0 Å². The summed E-state index contributed by atoms with van der Waals surface area (Å²) in [6, 6.07) is 7.35. The molecule has 0 aliphatic carbocycles. The second kappa shape index (κ2) is 6.63. The molecule has 100 valence electrons. The van der Waals surface area contributed by atoms with Crippen LogP contribution in [0.2, 0.25) is 0 Å². The Kier molecular flexibility index (Phi) is 4.87. The molecule has 19 heavy (non-hydrogen) atoms. The van der Waals surface area contributed by atoms with Gasteiger partial charge in [0.1, 0.15) is 16.7 Å². The van der Waals surface area contributed by atoms with Crippen LogP contribution in [0.4, 0.5) is 8.78 Å². The van der Waals surface area contributed by atoms with E-state index in [1.165, 1.54) is 23.9 Å². The topological polar surface area (TPSA) is 24.9 Å². The van der Waals surface area contributed by atoms with E-state index in [-0.39, 0.29) is 0 Å². The largest absolute Gasteiger partial charge is 0.313 e. The number of aromatic nitrogens is 1. The van der Waals surface area contributed by atoms with Crippen molar-refractivity contribution in [2.45, 2.75) is 23.4 Å². The van der Waals surface area contributed by atoms with E-state index in [4.69, 9.17) is 0 Å². The van der Waals surface area contributed by atoms with Crippen LogP contribution in [0.15, 0.2) is 46.5 Å². The van der Waals surface area contributed by atoms with Crippen LogP contribution >= 0.6 is 11.8 Å². The van der Waals surface area contributed by atoms with Gasteiger partial charge in [-0.15, -0.1) is 0 Å². The summed E-state index contributed by atoms with van der Waals surface area (Å²) in [6.07, 6.45) is 1.67. The Bertz CT molecular complexity index is 561. The van der Waals surface area contributed by atoms with Crippen LogP contribution in [0.3, 0.4) is 0 Å². The molecule has 0 spiro atoms. The number of pyridine rings is 1. The van der Waals surface area contributed by atoms with Gasteiger partial charge in [0.25, 0.3) is 0 Å². The predicted octanol–water partition coefficient (Wildman–Crippen LogP) is 3.62. The SMILES string of the molecule is CCNCc1cccnc1Sc1ccc(F)cc1F. The highest BCUT2D eigenvalue weighted by atomic mass is 32.2. The molecule has 5 heteroatoms. The van der Waals surface area contributed by atoms with Crippen molar-refractivity contribution in [1.82, 2.24) is 10.3 Å². The average Bonchev–Trinajstić information content (AvgIpc) is 2.41. The van der Waals surface area contributed by atoms with Crippen molar-refractivity contribution in [2.75, 3.05) is 6.54 Å². The normalized spacial score (nSPS) is 10.7. The lowest BCUT2D eigenvalue weighted by Gasteiger charge is -2.08. The second-order valence-corrected chi connectivity index (χ2v) is 4.96. The van der Waals surface area contributed by atoms with Crippen LogP contribution in [0.25, 0.3) is 0 Å². The maximum atomic E-state index is 13.6. The lowest BCUT2D eigenvalue weighted by molar-refractivity contribution is 0.565. The Morgan fingerprint density at radius 1 is 1.26 bits per heavy atom. The van der Waals surface area contributed by atoms with Gasteiger partial charge in [0.05, 0.1) is 0 Å². The Balaban J connectivity index is 2.22. The van der Waals surface area contributed by atoms with Gasteiger partial charge < -0.3 is 5.32 Å². The third-order valence-corrected chi connectivity index (χ3v) is 3.63. The number of hydrogen-bond acceptors (Lipinski definition) is 3. The van der Waals surface area contributed by atoms with Gasteiger partial charge in [0, 0.05) is 23.7 Å². The van der Waals surface area contributed by atoms with Crippen molar-refractivity contribution in [1.29, 1.82) is 0 Å². The molecular formula is C14H14F2N2S. The fourth-order valence-corrected chi connectivity index (χ4v) is 2.46. The molecule has 1 aromatic carbocycles. The lowest BCUT2D eigenvalue weighted by atomic mass is 10.3. The smallest absolute Gasteiger partial charge is 0.140 e. The highest BCUT2D eigenvalue weighted by Crippen LogP contribution is 2.30. The van der Waals surface area contributed by atoms with Gasteiger partial charge in [-0.1, -0.05) is 24.8 Å². The Hall–Kier alpha value is -1.46. The zero-order chi connectivity index (χ0) is 13.7. The summed E-state index contributed by atoms with van der Waals surface area (Å²) in [6.45, 7) is 3.54. The molecule has 0 atom stereocenters. The third-order valence-electron chi connectivity index (χ3n) is 2.52. The molecule has 0 fully saturated rings. The van der Waals surface area contributed by atoms with Crippen molar-refractivity contribution in [3.63, 3.8) is 0 Å². The highest BCUT2D eigenvalue weighted by molar-refractivity contribution is 7.99. The van der Waals surface area contributed by atoms with E-state index in [2.05, 4.69) is 10.3 Å². The summed E-state index contributed by atoms with van der Waals surface area (Å²) in [4.78, 5) is 4.63. The molecular weight excluding hydrogens is 266 g/mol. The van der Waals surface area contributed by atoms with E-state index in [0.29, 0.717) is 11.4 Å². The van der Waals surface area contributed by atoms with Crippen molar-refractivity contribution < 1.29 is 8.78 Å². The summed E-state index contributed by atoms with van der Waals surface area (Å²) in [5.41, 5.74) is 0.998. The monoisotopic (exact) mass is 280 g/mol. The number of rotatable bonds is 5. The average molecular weight is 280 g/mol. The van der Waals surface area contributed by atoms with E-state index < -0.39 is 11.6 Å². The van der Waals surface area contributed by atoms with Crippen LogP contribution in [-0.4, -0.2) is 11.5 Å². The van der Waals surface area contributed by atoms with E-state index in [1.807, 2.05) is 19.1 Å². The zero-order valence-electron chi connectivity index (χ0n) is 10.5. The van der Waals surface area contributed by atoms with Crippen LogP contribution in [0, 0.1) is 11.6 Å². The molecule has 1 heterocycles. The van der Waals surface area contributed by atoms with E-state index >= 15 is 0 Å². The van der Waals surface area contributed by atoms with E-state index in [1.54, 1.807) is 6.20 Å². The molecule has 0 unspecified atom stereocenters. The minimum absolute atomic E-state index is 0.373. The number of halogens is 2. The van der Waals surface area contributed by atoms with Gasteiger partial charge in [-0.25, -0.2) is 13.8 Å². The lowest BCUT2D eigenvalue weighted by Crippen LogP contribution is -2.12. The molecule has 0 radical (unpaired) electrons. The summed E-state index contributed by atoms with van der Waals surface area (Å²) in [5.74, 6) is -1.14. The Morgan fingerprint density at radius 3 is 2.84 bits per heavy atom. The molecule has 0 aliphatic heterocycles. The quantitative estimate of drug-likeness (QED) is 0.905. The van der Waals surface area contributed by atoms with E-state index in [9.17, 15) is 8.78 Å². The van der Waals surface area contributed by atoms with Crippen molar-refractivity contribution >= 4 is 11.8 Å². The van der Waals surface area contributed by atoms with Crippen LogP contribution in [0.1, 0.15) is 12.5 Å². The summed E-state index contributed by atoms with van der Waals surface area (Å²) < 4.78 is 26.5. The van der Waals surface area contributed by atoms with Crippen molar-refractivity contribution in [3.05, 3.63) is 53.7 Å². The Labute approximate surface area is 115 Å². The minimum Gasteiger partial charge on any atom is -0.313 e. The van der Waals surface area contributed by atoms with Crippen LogP contribution in [-0.2, 0) is 6.54 Å². The first-order valence-corrected chi connectivity index (χ1v) is 6.80. The van der Waals surface area contributed by atoms with Gasteiger partial charge in [-0.2, -0.15) is 0 Å². The van der Waals surface area contributed by atoms with Gasteiger partial charge >= 0.3 is 0 Å². The van der Waals surface area contributed by atoms with E-state index in [0.717, 1.165) is 23.2 Å². The Morgan fingerprint density at radius 2 is 2.11 bits per heavy atom. The maximum Gasteiger partial charge on any atom is 0.140 e. The number of nitrogens with one attached hydrogen (secondary N) is 1. The predicted molar refractivity (Wildman–Crippen MR) is 72.1 cm³/mol. The molecule has 0 saturated heterocycles. The first-order chi connectivity index (χ1) is 9.20. The van der Waals surface area contributed by atoms with Crippen LogP contribution < -0.4 is 5.32 Å². The summed E-state index contributed by atoms with van der Waals surface area (Å²) in [5, 5.41) is 3.94. The fourth-order valence-electron chi connectivity index (χ4n) is 1.57. The summed E-state index contributed by atoms with van der Waals surface area (Å²) in [7, 11) is 0. The molecule has 2 rings (SSSR count). The molecule has 1 N–H and O–H groups in total. The second-order valence-electron chi connectivity index (χ2n) is 3.92. The first kappa shape index (κ1) is 14.0. The maximum absolute atomic E-state index is 13.6. The zero-order valence-corrected chi connectivity index (χ0v) is 11.3. The van der Waals surface area contributed by atoms with Crippen molar-refractivity contribution in [2.24, 2.45) is 0 Å².